The standard InChI is InChI=1S/C20H19N3O4S/c1-11-18(16-6-5-7-28-16)20-21-13(10-17(24)23(20)22-11)12-8-14(25-2)19(27-4)15(9-12)26-3/h5-10,22H,1-4H3. The zero-order valence-corrected chi connectivity index (χ0v) is 16.7. The number of rotatable bonds is 5. The summed E-state index contributed by atoms with van der Waals surface area (Å²) >= 11 is 1.60. The van der Waals surface area contributed by atoms with Crippen LogP contribution in [0.3, 0.4) is 0 Å². The fourth-order valence-corrected chi connectivity index (χ4v) is 4.07. The minimum atomic E-state index is -0.195. The number of aromatic amines is 1. The predicted octanol–water partition coefficient (Wildman–Crippen LogP) is 3.75. The molecule has 0 aliphatic heterocycles. The molecule has 4 rings (SSSR count). The van der Waals surface area contributed by atoms with E-state index in [0.29, 0.717) is 34.2 Å². The van der Waals surface area contributed by atoms with Crippen molar-refractivity contribution in [3.63, 3.8) is 0 Å². The highest BCUT2D eigenvalue weighted by atomic mass is 32.1. The van der Waals surface area contributed by atoms with Crippen molar-refractivity contribution in [2.24, 2.45) is 0 Å². The van der Waals surface area contributed by atoms with Crippen LogP contribution in [-0.4, -0.2) is 35.9 Å². The van der Waals surface area contributed by atoms with Gasteiger partial charge in [-0.15, -0.1) is 11.3 Å². The quantitative estimate of drug-likeness (QED) is 0.555. The molecule has 0 saturated heterocycles. The summed E-state index contributed by atoms with van der Waals surface area (Å²) in [6.07, 6.45) is 0. The van der Waals surface area contributed by atoms with Gasteiger partial charge in [0.05, 0.1) is 32.6 Å². The largest absolute Gasteiger partial charge is 0.493 e. The summed E-state index contributed by atoms with van der Waals surface area (Å²) in [7, 11) is 4.65. The van der Waals surface area contributed by atoms with E-state index in [-0.39, 0.29) is 5.56 Å². The van der Waals surface area contributed by atoms with Crippen LogP contribution in [0.15, 0.2) is 40.5 Å². The highest BCUT2D eigenvalue weighted by Gasteiger charge is 2.19. The summed E-state index contributed by atoms with van der Waals surface area (Å²) in [6.45, 7) is 1.93. The van der Waals surface area contributed by atoms with E-state index in [4.69, 9.17) is 19.2 Å². The van der Waals surface area contributed by atoms with E-state index >= 15 is 0 Å². The molecule has 0 fully saturated rings. The minimum absolute atomic E-state index is 0.195. The van der Waals surface area contributed by atoms with E-state index in [9.17, 15) is 4.79 Å². The van der Waals surface area contributed by atoms with Gasteiger partial charge in [0.1, 0.15) is 0 Å². The molecule has 8 heteroatoms. The number of nitrogens with one attached hydrogen (secondary N) is 1. The molecule has 0 atom stereocenters. The molecular weight excluding hydrogens is 378 g/mol. The van der Waals surface area contributed by atoms with Crippen LogP contribution in [0.4, 0.5) is 0 Å². The second-order valence-corrected chi connectivity index (χ2v) is 7.09. The molecule has 0 spiro atoms. The topological polar surface area (TPSA) is 77.9 Å². The first kappa shape index (κ1) is 18.1. The molecule has 144 valence electrons. The lowest BCUT2D eigenvalue weighted by Crippen LogP contribution is -2.14. The number of aromatic nitrogens is 3. The second-order valence-electron chi connectivity index (χ2n) is 6.14. The van der Waals surface area contributed by atoms with E-state index in [2.05, 4.69) is 5.10 Å². The van der Waals surface area contributed by atoms with Gasteiger partial charge in [-0.3, -0.25) is 9.89 Å². The second kappa shape index (κ2) is 7.05. The highest BCUT2D eigenvalue weighted by molar-refractivity contribution is 7.13. The number of nitrogens with zero attached hydrogens (tertiary/aromatic N) is 2. The first-order valence-electron chi connectivity index (χ1n) is 8.54. The summed E-state index contributed by atoms with van der Waals surface area (Å²) in [6, 6.07) is 9.04. The number of ether oxygens (including phenoxy) is 3. The van der Waals surface area contributed by atoms with E-state index in [1.54, 1.807) is 44.8 Å². The van der Waals surface area contributed by atoms with Crippen molar-refractivity contribution < 1.29 is 14.2 Å². The van der Waals surface area contributed by atoms with Gasteiger partial charge in [0.25, 0.3) is 5.56 Å². The first-order chi connectivity index (χ1) is 13.6. The van der Waals surface area contributed by atoms with Crippen molar-refractivity contribution in [2.75, 3.05) is 21.3 Å². The Morgan fingerprint density at radius 2 is 1.79 bits per heavy atom. The van der Waals surface area contributed by atoms with Crippen LogP contribution in [0.1, 0.15) is 5.69 Å². The van der Waals surface area contributed by atoms with Crippen molar-refractivity contribution >= 4 is 17.0 Å². The number of thiophene rings is 1. The highest BCUT2D eigenvalue weighted by Crippen LogP contribution is 2.41. The summed E-state index contributed by atoms with van der Waals surface area (Å²) in [4.78, 5) is 18.6. The van der Waals surface area contributed by atoms with Crippen LogP contribution in [0, 0.1) is 6.92 Å². The molecule has 1 N–H and O–H groups in total. The summed E-state index contributed by atoms with van der Waals surface area (Å²) in [5, 5.41) is 5.10. The van der Waals surface area contributed by atoms with Gasteiger partial charge in [-0.05, 0) is 30.5 Å². The lowest BCUT2D eigenvalue weighted by Gasteiger charge is -2.14. The zero-order valence-electron chi connectivity index (χ0n) is 15.9. The molecule has 1 aromatic carbocycles. The van der Waals surface area contributed by atoms with Crippen molar-refractivity contribution in [1.29, 1.82) is 0 Å². The monoisotopic (exact) mass is 397 g/mol. The predicted molar refractivity (Wildman–Crippen MR) is 109 cm³/mol. The molecule has 0 amide bonds. The third-order valence-corrected chi connectivity index (χ3v) is 5.41. The molecule has 0 aliphatic rings. The van der Waals surface area contributed by atoms with Gasteiger partial charge in [-0.2, -0.15) is 0 Å². The molecule has 3 heterocycles. The van der Waals surface area contributed by atoms with Crippen LogP contribution < -0.4 is 19.8 Å². The Balaban J connectivity index is 1.98. The Morgan fingerprint density at radius 3 is 2.36 bits per heavy atom. The molecule has 0 aliphatic carbocycles. The minimum Gasteiger partial charge on any atom is -0.493 e. The van der Waals surface area contributed by atoms with E-state index in [1.165, 1.54) is 10.6 Å². The van der Waals surface area contributed by atoms with Crippen LogP contribution in [0.25, 0.3) is 27.3 Å². The number of hydrogen-bond acceptors (Lipinski definition) is 6. The Hall–Kier alpha value is -3.26. The van der Waals surface area contributed by atoms with Gasteiger partial charge in [0.15, 0.2) is 17.1 Å². The average Bonchev–Trinajstić information content (AvgIpc) is 3.33. The lowest BCUT2D eigenvalue weighted by molar-refractivity contribution is 0.324. The Morgan fingerprint density at radius 1 is 1.07 bits per heavy atom. The number of benzene rings is 1. The summed E-state index contributed by atoms with van der Waals surface area (Å²) in [5.41, 5.74) is 3.41. The van der Waals surface area contributed by atoms with Crippen molar-refractivity contribution in [1.82, 2.24) is 14.6 Å². The fraction of sp³-hybridized carbons (Fsp3) is 0.200. The van der Waals surface area contributed by atoms with Gasteiger partial charge >= 0.3 is 0 Å². The number of aryl methyl sites for hydroxylation is 1. The first-order valence-corrected chi connectivity index (χ1v) is 9.42. The summed E-state index contributed by atoms with van der Waals surface area (Å²) < 4.78 is 17.7. The normalized spacial score (nSPS) is 11.0. The third kappa shape index (κ3) is 2.82. The maximum Gasteiger partial charge on any atom is 0.273 e. The van der Waals surface area contributed by atoms with Gasteiger partial charge in [-0.25, -0.2) is 9.50 Å². The Kier molecular flexibility index (Phi) is 4.56. The smallest absolute Gasteiger partial charge is 0.273 e. The average molecular weight is 397 g/mol. The van der Waals surface area contributed by atoms with Gasteiger partial charge in [0.2, 0.25) is 5.75 Å². The molecular formula is C20H19N3O4S. The maximum absolute atomic E-state index is 12.7. The Labute approximate surface area is 165 Å². The van der Waals surface area contributed by atoms with Crippen LogP contribution >= 0.6 is 11.3 Å². The molecule has 28 heavy (non-hydrogen) atoms. The molecule has 4 aromatic rings. The van der Waals surface area contributed by atoms with Gasteiger partial charge in [0, 0.05) is 22.2 Å². The zero-order chi connectivity index (χ0) is 19.8. The van der Waals surface area contributed by atoms with E-state index in [1.807, 2.05) is 24.4 Å². The molecule has 7 nitrogen and oxygen atoms in total. The van der Waals surface area contributed by atoms with E-state index in [0.717, 1.165) is 16.1 Å². The fourth-order valence-electron chi connectivity index (χ4n) is 3.24. The van der Waals surface area contributed by atoms with Gasteiger partial charge in [-0.1, -0.05) is 6.07 Å². The summed E-state index contributed by atoms with van der Waals surface area (Å²) in [5.74, 6) is 1.49. The van der Waals surface area contributed by atoms with Crippen molar-refractivity contribution in [3.05, 3.63) is 51.8 Å². The number of H-pyrrole nitrogens is 1. The van der Waals surface area contributed by atoms with Gasteiger partial charge < -0.3 is 14.2 Å². The molecule has 0 radical (unpaired) electrons. The maximum atomic E-state index is 12.7. The van der Waals surface area contributed by atoms with Crippen LogP contribution in [0.2, 0.25) is 0 Å². The van der Waals surface area contributed by atoms with Crippen LogP contribution in [0.5, 0.6) is 17.2 Å². The molecule has 0 unspecified atom stereocenters. The van der Waals surface area contributed by atoms with Crippen LogP contribution in [-0.2, 0) is 0 Å². The number of hydrogen-bond donors (Lipinski definition) is 1. The lowest BCUT2D eigenvalue weighted by atomic mass is 10.1. The van der Waals surface area contributed by atoms with Crippen molar-refractivity contribution in [2.45, 2.75) is 6.92 Å². The SMILES string of the molecule is COc1cc(-c2cc(=O)n3[nH]c(C)c(-c4cccs4)c3n2)cc(OC)c1OC. The molecule has 3 aromatic heterocycles. The third-order valence-electron chi connectivity index (χ3n) is 4.52. The Bertz CT molecular complexity index is 1180. The van der Waals surface area contributed by atoms with E-state index < -0.39 is 0 Å². The van der Waals surface area contributed by atoms with Crippen molar-refractivity contribution in [3.8, 4) is 38.9 Å². The number of methoxy groups -OCH3 is 3. The number of fused-ring (bicyclic) bond motifs is 1. The molecule has 0 bridgehead atoms. The molecule has 0 saturated carbocycles.